The van der Waals surface area contributed by atoms with Crippen molar-refractivity contribution in [1.82, 2.24) is 0 Å². The van der Waals surface area contributed by atoms with Gasteiger partial charge in [-0.25, -0.2) is 0 Å². The minimum atomic E-state index is -1.32. The first kappa shape index (κ1) is 13.3. The predicted octanol–water partition coefficient (Wildman–Crippen LogP) is 1.76. The summed E-state index contributed by atoms with van der Waals surface area (Å²) in [6.07, 6.45) is 4.93. The molecule has 1 fully saturated rings. The van der Waals surface area contributed by atoms with Gasteiger partial charge in [0.25, 0.3) is 0 Å². The molecule has 0 radical (unpaired) electrons. The van der Waals surface area contributed by atoms with Gasteiger partial charge >= 0.3 is 5.97 Å². The molecule has 2 aliphatic rings. The van der Waals surface area contributed by atoms with E-state index in [0.29, 0.717) is 31.4 Å². The van der Waals surface area contributed by atoms with Crippen molar-refractivity contribution in [3.8, 4) is 0 Å². The topological polar surface area (TPSA) is 63.6 Å². The zero-order chi connectivity index (χ0) is 13.4. The average molecular weight is 252 g/mol. The molecule has 1 saturated carbocycles. The van der Waals surface area contributed by atoms with Crippen LogP contribution in [0.25, 0.3) is 0 Å². The molecule has 0 saturated heterocycles. The normalized spacial score (nSPS) is 34.7. The third-order valence-electron chi connectivity index (χ3n) is 4.33. The van der Waals surface area contributed by atoms with E-state index in [1.807, 2.05) is 0 Å². The molecule has 0 unspecified atom stereocenters. The van der Waals surface area contributed by atoms with Crippen LogP contribution in [0.15, 0.2) is 11.6 Å². The second-order valence-electron chi connectivity index (χ2n) is 5.25. The minimum absolute atomic E-state index is 0.148. The lowest BCUT2D eigenvalue weighted by Gasteiger charge is -2.45. The van der Waals surface area contributed by atoms with Crippen molar-refractivity contribution in [3.05, 3.63) is 11.6 Å². The number of hydrogen-bond acceptors (Lipinski definition) is 4. The zero-order valence-corrected chi connectivity index (χ0v) is 11.0. The monoisotopic (exact) mass is 252 g/mol. The van der Waals surface area contributed by atoms with Crippen molar-refractivity contribution < 1.29 is 19.4 Å². The Kier molecular flexibility index (Phi) is 3.32. The maximum absolute atomic E-state index is 12.2. The Hall–Kier alpha value is -1.16. The van der Waals surface area contributed by atoms with E-state index in [2.05, 4.69) is 0 Å². The van der Waals surface area contributed by atoms with Crippen molar-refractivity contribution in [1.29, 1.82) is 0 Å². The Morgan fingerprint density at radius 3 is 2.67 bits per heavy atom. The van der Waals surface area contributed by atoms with Crippen LogP contribution in [0.4, 0.5) is 0 Å². The lowest BCUT2D eigenvalue weighted by atomic mass is 9.62. The lowest BCUT2D eigenvalue weighted by Crippen LogP contribution is -2.55. The summed E-state index contributed by atoms with van der Waals surface area (Å²) in [7, 11) is 0. The molecular formula is C14H20O4. The van der Waals surface area contributed by atoms with Crippen LogP contribution in [-0.2, 0) is 14.3 Å². The van der Waals surface area contributed by atoms with Crippen molar-refractivity contribution in [2.24, 2.45) is 5.41 Å². The fourth-order valence-corrected chi connectivity index (χ4v) is 3.42. The van der Waals surface area contributed by atoms with E-state index in [9.17, 15) is 14.7 Å². The lowest BCUT2D eigenvalue weighted by molar-refractivity contribution is -0.174. The Balaban J connectivity index is 2.40. The molecule has 0 aromatic rings. The summed E-state index contributed by atoms with van der Waals surface area (Å²) in [4.78, 5) is 23.9. The van der Waals surface area contributed by atoms with Crippen molar-refractivity contribution in [2.45, 2.75) is 51.6 Å². The highest BCUT2D eigenvalue weighted by Crippen LogP contribution is 2.55. The standard InChI is InChI=1S/C14H20O4/c1-3-18-12(16)13-7-4-5-8-14(13,17)11(6-9-13)10(2)15/h6,17H,3-5,7-9H2,1-2H3/t13-,14-/m0/s1. The van der Waals surface area contributed by atoms with E-state index >= 15 is 0 Å². The third kappa shape index (κ3) is 1.62. The first-order valence-electron chi connectivity index (χ1n) is 6.59. The maximum Gasteiger partial charge on any atom is 0.315 e. The number of ether oxygens (including phenoxy) is 1. The Morgan fingerprint density at radius 2 is 2.06 bits per heavy atom. The molecule has 4 heteroatoms. The van der Waals surface area contributed by atoms with Gasteiger partial charge in [-0.2, -0.15) is 0 Å². The van der Waals surface area contributed by atoms with Crippen LogP contribution in [0.5, 0.6) is 0 Å². The summed E-state index contributed by atoms with van der Waals surface area (Å²) in [6, 6.07) is 0. The summed E-state index contributed by atoms with van der Waals surface area (Å²) >= 11 is 0. The molecule has 4 nitrogen and oxygen atoms in total. The van der Waals surface area contributed by atoms with Crippen LogP contribution in [-0.4, -0.2) is 29.1 Å². The predicted molar refractivity (Wildman–Crippen MR) is 65.9 cm³/mol. The number of aliphatic hydroxyl groups is 1. The van der Waals surface area contributed by atoms with Gasteiger partial charge in [0.1, 0.15) is 11.0 Å². The first-order valence-corrected chi connectivity index (χ1v) is 6.59. The smallest absolute Gasteiger partial charge is 0.315 e. The molecule has 0 spiro atoms. The van der Waals surface area contributed by atoms with Gasteiger partial charge in [-0.1, -0.05) is 18.9 Å². The van der Waals surface area contributed by atoms with E-state index in [1.165, 1.54) is 6.92 Å². The number of rotatable bonds is 3. The molecule has 1 N–H and O–H groups in total. The fourth-order valence-electron chi connectivity index (χ4n) is 3.42. The Morgan fingerprint density at radius 1 is 1.39 bits per heavy atom. The SMILES string of the molecule is CCOC(=O)[C@]12CC=C(C(C)=O)[C@@]1(O)CCCC2. The molecule has 100 valence electrons. The third-order valence-corrected chi connectivity index (χ3v) is 4.33. The number of hydrogen-bond donors (Lipinski definition) is 1. The van der Waals surface area contributed by atoms with Crippen molar-refractivity contribution in [2.75, 3.05) is 6.61 Å². The Bertz CT molecular complexity index is 412. The molecule has 2 aliphatic carbocycles. The number of carbonyl (C=O) groups excluding carboxylic acids is 2. The van der Waals surface area contributed by atoms with E-state index < -0.39 is 11.0 Å². The fraction of sp³-hybridized carbons (Fsp3) is 0.714. The van der Waals surface area contributed by atoms with Gasteiger partial charge in [-0.05, 0) is 33.1 Å². The molecule has 2 rings (SSSR count). The van der Waals surface area contributed by atoms with Crippen LogP contribution in [0.2, 0.25) is 0 Å². The maximum atomic E-state index is 12.2. The van der Waals surface area contributed by atoms with Crippen molar-refractivity contribution in [3.63, 3.8) is 0 Å². The van der Waals surface area contributed by atoms with Crippen LogP contribution in [0.3, 0.4) is 0 Å². The molecule has 0 bridgehead atoms. The van der Waals surface area contributed by atoms with Crippen LogP contribution >= 0.6 is 0 Å². The largest absolute Gasteiger partial charge is 0.465 e. The van der Waals surface area contributed by atoms with Crippen molar-refractivity contribution >= 4 is 11.8 Å². The van der Waals surface area contributed by atoms with Gasteiger partial charge in [0, 0.05) is 5.57 Å². The van der Waals surface area contributed by atoms with Gasteiger partial charge in [0.15, 0.2) is 5.78 Å². The number of carbonyl (C=O) groups is 2. The molecule has 0 amide bonds. The second-order valence-corrected chi connectivity index (χ2v) is 5.25. The van der Waals surface area contributed by atoms with Gasteiger partial charge in [-0.15, -0.1) is 0 Å². The molecule has 0 aromatic carbocycles. The first-order chi connectivity index (χ1) is 8.48. The molecule has 0 aromatic heterocycles. The number of ketones is 1. The van der Waals surface area contributed by atoms with E-state index in [0.717, 1.165) is 12.8 Å². The average Bonchev–Trinajstić information content (AvgIpc) is 2.63. The quantitative estimate of drug-likeness (QED) is 0.777. The van der Waals surface area contributed by atoms with Crippen LogP contribution < -0.4 is 0 Å². The zero-order valence-electron chi connectivity index (χ0n) is 11.0. The molecule has 0 heterocycles. The van der Waals surface area contributed by atoms with Gasteiger partial charge in [-0.3, -0.25) is 9.59 Å². The van der Waals surface area contributed by atoms with E-state index in [1.54, 1.807) is 13.0 Å². The number of allylic oxidation sites excluding steroid dienone is 1. The summed E-state index contributed by atoms with van der Waals surface area (Å²) < 4.78 is 5.14. The molecular weight excluding hydrogens is 232 g/mol. The summed E-state index contributed by atoms with van der Waals surface area (Å²) in [5.74, 6) is -0.509. The van der Waals surface area contributed by atoms with Gasteiger partial charge < -0.3 is 9.84 Å². The van der Waals surface area contributed by atoms with Gasteiger partial charge in [0.05, 0.1) is 6.61 Å². The molecule has 0 aliphatic heterocycles. The van der Waals surface area contributed by atoms with Crippen LogP contribution in [0.1, 0.15) is 46.0 Å². The summed E-state index contributed by atoms with van der Waals surface area (Å²) in [6.45, 7) is 3.50. The second kappa shape index (κ2) is 4.50. The minimum Gasteiger partial charge on any atom is -0.465 e. The summed E-state index contributed by atoms with van der Waals surface area (Å²) in [5, 5.41) is 10.9. The van der Waals surface area contributed by atoms with Gasteiger partial charge in [0.2, 0.25) is 0 Å². The van der Waals surface area contributed by atoms with E-state index in [4.69, 9.17) is 4.74 Å². The highest BCUT2D eigenvalue weighted by Gasteiger charge is 2.62. The highest BCUT2D eigenvalue weighted by atomic mass is 16.5. The Labute approximate surface area is 107 Å². The molecule has 18 heavy (non-hydrogen) atoms. The number of esters is 1. The highest BCUT2D eigenvalue weighted by molar-refractivity contribution is 5.98. The van der Waals surface area contributed by atoms with E-state index in [-0.39, 0.29) is 11.8 Å². The summed E-state index contributed by atoms with van der Waals surface area (Å²) in [5.41, 5.74) is -1.85. The molecule has 2 atom stereocenters. The number of Topliss-reactive ketones (excluding diaryl/α,β-unsaturated/α-hetero) is 1. The number of fused-ring (bicyclic) bond motifs is 1. The van der Waals surface area contributed by atoms with Crippen LogP contribution in [0, 0.1) is 5.41 Å².